The molecule has 1 atom stereocenters. The molecule has 0 aliphatic carbocycles. The number of aliphatic imine (C=N–C) groups is 1. The summed E-state index contributed by atoms with van der Waals surface area (Å²) in [5, 5.41) is 6.88. The van der Waals surface area contributed by atoms with Gasteiger partial charge in [-0.25, -0.2) is 0 Å². The minimum absolute atomic E-state index is 0.0650. The van der Waals surface area contributed by atoms with Crippen LogP contribution in [0.5, 0.6) is 0 Å². The zero-order valence-electron chi connectivity index (χ0n) is 19.5. The predicted molar refractivity (Wildman–Crippen MR) is 129 cm³/mol. The summed E-state index contributed by atoms with van der Waals surface area (Å²) in [6.07, 6.45) is 2.04. The second-order valence-corrected chi connectivity index (χ2v) is 8.85. The number of carbonyl (C=O) groups is 1. The van der Waals surface area contributed by atoms with Crippen LogP contribution in [0.1, 0.15) is 33.6 Å². The Morgan fingerprint density at radius 3 is 2.55 bits per heavy atom. The standard InChI is InChI=1S/C24H40N6O/c1-4-25-24(27-21-11-14-30(19-21)23(31)20(2)3)26-12-8-13-28-15-17-29(18-16-28)22-9-6-5-7-10-22/h5-7,9-10,20-21H,4,8,11-19H2,1-3H3,(H2,25,26,27). The number of nitrogens with zero attached hydrogens (tertiary/aromatic N) is 4. The molecule has 7 nitrogen and oxygen atoms in total. The molecule has 172 valence electrons. The summed E-state index contributed by atoms with van der Waals surface area (Å²) in [6.45, 7) is 14.8. The highest BCUT2D eigenvalue weighted by molar-refractivity contribution is 5.81. The van der Waals surface area contributed by atoms with Gasteiger partial charge in [-0.05, 0) is 31.9 Å². The second kappa shape index (κ2) is 11.9. The summed E-state index contributed by atoms with van der Waals surface area (Å²) < 4.78 is 0. The molecule has 2 fully saturated rings. The fraction of sp³-hybridized carbons (Fsp3) is 0.667. The maximum absolute atomic E-state index is 12.2. The predicted octanol–water partition coefficient (Wildman–Crippen LogP) is 2.01. The molecular formula is C24H40N6O. The summed E-state index contributed by atoms with van der Waals surface area (Å²) >= 11 is 0. The lowest BCUT2D eigenvalue weighted by atomic mass is 10.2. The molecular weight excluding hydrogens is 388 g/mol. The van der Waals surface area contributed by atoms with E-state index in [9.17, 15) is 4.79 Å². The van der Waals surface area contributed by atoms with E-state index in [1.165, 1.54) is 5.69 Å². The number of nitrogens with one attached hydrogen (secondary N) is 2. The van der Waals surface area contributed by atoms with Crippen molar-refractivity contribution in [3.8, 4) is 0 Å². The Bertz CT molecular complexity index is 699. The molecule has 2 aliphatic rings. The van der Waals surface area contributed by atoms with E-state index in [4.69, 9.17) is 4.99 Å². The van der Waals surface area contributed by atoms with Crippen LogP contribution in [-0.2, 0) is 4.79 Å². The fourth-order valence-electron chi connectivity index (χ4n) is 4.31. The lowest BCUT2D eigenvalue weighted by Crippen LogP contribution is -2.47. The van der Waals surface area contributed by atoms with E-state index in [1.54, 1.807) is 0 Å². The van der Waals surface area contributed by atoms with Crippen molar-refractivity contribution >= 4 is 17.6 Å². The highest BCUT2D eigenvalue weighted by atomic mass is 16.2. The number of amides is 1. The minimum Gasteiger partial charge on any atom is -0.369 e. The Kier molecular flexibility index (Phi) is 9.00. The van der Waals surface area contributed by atoms with Crippen molar-refractivity contribution in [3.05, 3.63) is 30.3 Å². The SMILES string of the molecule is CCNC(=NCCCN1CCN(c2ccccc2)CC1)NC1CCN(C(=O)C(C)C)C1. The molecule has 3 rings (SSSR count). The number of hydrogen-bond donors (Lipinski definition) is 2. The van der Waals surface area contributed by atoms with Gasteiger partial charge in [-0.3, -0.25) is 14.7 Å². The molecule has 0 spiro atoms. The number of carbonyl (C=O) groups excluding carboxylic acids is 1. The van der Waals surface area contributed by atoms with Crippen LogP contribution >= 0.6 is 0 Å². The lowest BCUT2D eigenvalue weighted by Gasteiger charge is -2.36. The van der Waals surface area contributed by atoms with Crippen molar-refractivity contribution in [3.63, 3.8) is 0 Å². The topological polar surface area (TPSA) is 63.2 Å². The normalized spacial score (nSPS) is 20.4. The number of benzene rings is 1. The van der Waals surface area contributed by atoms with Gasteiger partial charge in [0.1, 0.15) is 0 Å². The molecule has 7 heteroatoms. The van der Waals surface area contributed by atoms with E-state index in [1.807, 2.05) is 18.7 Å². The van der Waals surface area contributed by atoms with Gasteiger partial charge in [0.15, 0.2) is 5.96 Å². The average molecular weight is 429 g/mol. The number of likely N-dealkylation sites (tertiary alicyclic amines) is 1. The number of piperazine rings is 1. The third kappa shape index (κ3) is 7.13. The monoisotopic (exact) mass is 428 g/mol. The first-order valence-corrected chi connectivity index (χ1v) is 11.9. The average Bonchev–Trinajstić information content (AvgIpc) is 3.25. The molecule has 0 bridgehead atoms. The molecule has 0 aromatic heterocycles. The fourth-order valence-corrected chi connectivity index (χ4v) is 4.31. The van der Waals surface area contributed by atoms with Crippen LogP contribution in [0.4, 0.5) is 5.69 Å². The molecule has 0 radical (unpaired) electrons. The third-order valence-electron chi connectivity index (χ3n) is 6.07. The zero-order chi connectivity index (χ0) is 22.1. The van der Waals surface area contributed by atoms with Gasteiger partial charge >= 0.3 is 0 Å². The summed E-state index contributed by atoms with van der Waals surface area (Å²) in [4.78, 5) is 24.0. The quantitative estimate of drug-likeness (QED) is 0.377. The molecule has 2 N–H and O–H groups in total. The van der Waals surface area contributed by atoms with Crippen LogP contribution in [0.25, 0.3) is 0 Å². The van der Waals surface area contributed by atoms with Gasteiger partial charge in [-0.1, -0.05) is 32.0 Å². The summed E-state index contributed by atoms with van der Waals surface area (Å²) in [6, 6.07) is 11.0. The van der Waals surface area contributed by atoms with Gasteiger partial charge in [0.25, 0.3) is 0 Å². The first-order chi connectivity index (χ1) is 15.1. The van der Waals surface area contributed by atoms with Crippen LogP contribution in [-0.4, -0.2) is 86.6 Å². The van der Waals surface area contributed by atoms with Gasteiger partial charge in [-0.15, -0.1) is 0 Å². The van der Waals surface area contributed by atoms with E-state index >= 15 is 0 Å². The Morgan fingerprint density at radius 1 is 1.13 bits per heavy atom. The molecule has 1 aromatic carbocycles. The third-order valence-corrected chi connectivity index (χ3v) is 6.07. The van der Waals surface area contributed by atoms with Crippen LogP contribution < -0.4 is 15.5 Å². The zero-order valence-corrected chi connectivity index (χ0v) is 19.5. The molecule has 1 aromatic rings. The Balaban J connectivity index is 1.37. The summed E-state index contributed by atoms with van der Waals surface area (Å²) in [5.74, 6) is 1.19. The molecule has 1 unspecified atom stereocenters. The van der Waals surface area contributed by atoms with Crippen molar-refractivity contribution < 1.29 is 4.79 Å². The molecule has 2 saturated heterocycles. The lowest BCUT2D eigenvalue weighted by molar-refractivity contribution is -0.133. The number of anilines is 1. The van der Waals surface area contributed by atoms with Crippen LogP contribution in [0.15, 0.2) is 35.3 Å². The van der Waals surface area contributed by atoms with Gasteiger partial charge in [0, 0.05) is 76.5 Å². The van der Waals surface area contributed by atoms with Crippen molar-refractivity contribution in [2.75, 3.05) is 63.8 Å². The van der Waals surface area contributed by atoms with Crippen LogP contribution in [0.2, 0.25) is 0 Å². The second-order valence-electron chi connectivity index (χ2n) is 8.85. The molecule has 2 aliphatic heterocycles. The summed E-state index contributed by atoms with van der Waals surface area (Å²) in [7, 11) is 0. The Morgan fingerprint density at radius 2 is 1.87 bits per heavy atom. The van der Waals surface area contributed by atoms with Crippen molar-refractivity contribution in [1.82, 2.24) is 20.4 Å². The number of hydrogen-bond acceptors (Lipinski definition) is 4. The number of para-hydroxylation sites is 1. The van der Waals surface area contributed by atoms with Gasteiger partial charge in [0.2, 0.25) is 5.91 Å². The highest BCUT2D eigenvalue weighted by Crippen LogP contribution is 2.15. The van der Waals surface area contributed by atoms with E-state index in [0.29, 0.717) is 0 Å². The maximum Gasteiger partial charge on any atom is 0.225 e. The largest absolute Gasteiger partial charge is 0.369 e. The Hall–Kier alpha value is -2.28. The molecule has 0 saturated carbocycles. The Labute approximate surface area is 187 Å². The van der Waals surface area contributed by atoms with Crippen LogP contribution in [0.3, 0.4) is 0 Å². The van der Waals surface area contributed by atoms with E-state index < -0.39 is 0 Å². The molecule has 2 heterocycles. The van der Waals surface area contributed by atoms with Gasteiger partial charge < -0.3 is 20.4 Å². The van der Waals surface area contributed by atoms with E-state index in [0.717, 1.165) is 77.7 Å². The first kappa shape index (κ1) is 23.4. The van der Waals surface area contributed by atoms with Crippen molar-refractivity contribution in [2.24, 2.45) is 10.9 Å². The summed E-state index contributed by atoms with van der Waals surface area (Å²) in [5.41, 5.74) is 1.33. The first-order valence-electron chi connectivity index (χ1n) is 11.9. The number of rotatable bonds is 8. The van der Waals surface area contributed by atoms with Crippen LogP contribution in [0, 0.1) is 5.92 Å². The van der Waals surface area contributed by atoms with Crippen molar-refractivity contribution in [1.29, 1.82) is 0 Å². The maximum atomic E-state index is 12.2. The van der Waals surface area contributed by atoms with Gasteiger partial charge in [-0.2, -0.15) is 0 Å². The van der Waals surface area contributed by atoms with Crippen molar-refractivity contribution in [2.45, 2.75) is 39.7 Å². The minimum atomic E-state index is 0.0650. The van der Waals surface area contributed by atoms with Gasteiger partial charge in [0.05, 0.1) is 0 Å². The smallest absolute Gasteiger partial charge is 0.225 e. The van der Waals surface area contributed by atoms with E-state index in [2.05, 4.69) is 57.7 Å². The van der Waals surface area contributed by atoms with E-state index in [-0.39, 0.29) is 17.9 Å². The molecule has 31 heavy (non-hydrogen) atoms. The highest BCUT2D eigenvalue weighted by Gasteiger charge is 2.28. The molecule has 1 amide bonds. The number of guanidine groups is 1.